The largest absolute Gasteiger partial charge is 0.462 e. The SMILES string of the molecule is CCOC(=O)c1c(N(C)C(=O)N(CC)CC)sc2c1CCN(C(C)=O)C2. The van der Waals surface area contributed by atoms with Crippen molar-refractivity contribution in [1.29, 1.82) is 0 Å². The molecule has 0 radical (unpaired) electrons. The van der Waals surface area contributed by atoms with Gasteiger partial charge in [-0.15, -0.1) is 11.3 Å². The average molecular weight is 381 g/mol. The third-order valence-electron chi connectivity index (χ3n) is 4.59. The lowest BCUT2D eigenvalue weighted by Crippen LogP contribution is -2.41. The quantitative estimate of drug-likeness (QED) is 0.736. The molecule has 0 aliphatic carbocycles. The molecule has 3 amide bonds. The fourth-order valence-corrected chi connectivity index (χ4v) is 4.41. The maximum atomic E-state index is 12.8. The molecule has 0 N–H and O–H groups in total. The van der Waals surface area contributed by atoms with E-state index in [4.69, 9.17) is 4.74 Å². The van der Waals surface area contributed by atoms with Gasteiger partial charge >= 0.3 is 12.0 Å². The van der Waals surface area contributed by atoms with Crippen LogP contribution in [0.5, 0.6) is 0 Å². The molecule has 7 nitrogen and oxygen atoms in total. The van der Waals surface area contributed by atoms with Crippen molar-refractivity contribution in [2.24, 2.45) is 0 Å². The molecule has 8 heteroatoms. The van der Waals surface area contributed by atoms with Crippen LogP contribution in [0.1, 0.15) is 48.5 Å². The second kappa shape index (κ2) is 8.53. The minimum Gasteiger partial charge on any atom is -0.462 e. The van der Waals surface area contributed by atoms with Crippen LogP contribution >= 0.6 is 11.3 Å². The van der Waals surface area contributed by atoms with Crippen LogP contribution in [-0.2, 0) is 22.5 Å². The maximum Gasteiger partial charge on any atom is 0.341 e. The van der Waals surface area contributed by atoms with Gasteiger partial charge in [0.05, 0.1) is 18.7 Å². The third-order valence-corrected chi connectivity index (χ3v) is 5.88. The molecule has 1 aliphatic rings. The van der Waals surface area contributed by atoms with Crippen LogP contribution < -0.4 is 4.90 Å². The standard InChI is InChI=1S/C18H27N3O4S/c1-6-20(7-2)18(24)19(5)16-15(17(23)25-8-3)13-9-10-21(12(4)22)11-14(13)26-16/h6-11H2,1-5H3. The molecule has 0 aromatic carbocycles. The Hall–Kier alpha value is -2.09. The van der Waals surface area contributed by atoms with Crippen molar-refractivity contribution in [1.82, 2.24) is 9.80 Å². The van der Waals surface area contributed by atoms with E-state index in [9.17, 15) is 14.4 Å². The van der Waals surface area contributed by atoms with Crippen molar-refractivity contribution in [3.8, 4) is 0 Å². The van der Waals surface area contributed by atoms with Crippen molar-refractivity contribution in [3.05, 3.63) is 16.0 Å². The van der Waals surface area contributed by atoms with Crippen molar-refractivity contribution >= 4 is 34.2 Å². The highest BCUT2D eigenvalue weighted by Gasteiger charge is 2.33. The maximum absolute atomic E-state index is 12.8. The molecule has 0 atom stereocenters. The van der Waals surface area contributed by atoms with Crippen LogP contribution in [0.25, 0.3) is 0 Å². The van der Waals surface area contributed by atoms with E-state index in [0.717, 1.165) is 10.4 Å². The van der Waals surface area contributed by atoms with E-state index in [1.807, 2.05) is 13.8 Å². The Bertz CT molecular complexity index is 697. The second-order valence-electron chi connectivity index (χ2n) is 6.11. The molecule has 144 valence electrons. The highest BCUT2D eigenvalue weighted by atomic mass is 32.1. The average Bonchev–Trinajstić information content (AvgIpc) is 3.00. The number of nitrogens with zero attached hydrogens (tertiary/aromatic N) is 3. The number of fused-ring (bicyclic) bond motifs is 1. The summed E-state index contributed by atoms with van der Waals surface area (Å²) in [5, 5.41) is 0.593. The Morgan fingerprint density at radius 3 is 2.38 bits per heavy atom. The molecule has 2 heterocycles. The van der Waals surface area contributed by atoms with Gasteiger partial charge in [-0.05, 0) is 32.8 Å². The Labute approximate surface area is 158 Å². The number of urea groups is 1. The monoisotopic (exact) mass is 381 g/mol. The molecule has 1 aliphatic heterocycles. The number of hydrogen-bond donors (Lipinski definition) is 0. The van der Waals surface area contributed by atoms with E-state index in [1.165, 1.54) is 16.2 Å². The normalized spacial score (nSPS) is 13.2. The zero-order valence-corrected chi connectivity index (χ0v) is 16.9. The van der Waals surface area contributed by atoms with Crippen molar-refractivity contribution in [2.45, 2.75) is 40.7 Å². The molecule has 2 rings (SSSR count). The first-order valence-electron chi connectivity index (χ1n) is 8.95. The minimum atomic E-state index is -0.407. The number of thiophene rings is 1. The Balaban J connectivity index is 2.46. The van der Waals surface area contributed by atoms with Gasteiger partial charge in [0.15, 0.2) is 0 Å². The van der Waals surface area contributed by atoms with Crippen LogP contribution in [0.3, 0.4) is 0 Å². The smallest absolute Gasteiger partial charge is 0.341 e. The van der Waals surface area contributed by atoms with Crippen LogP contribution in [0.15, 0.2) is 0 Å². The number of amides is 3. The molecule has 1 aromatic rings. The summed E-state index contributed by atoms with van der Waals surface area (Å²) in [5.41, 5.74) is 1.37. The molecule has 0 saturated carbocycles. The summed E-state index contributed by atoms with van der Waals surface area (Å²) in [6.07, 6.45) is 0.590. The van der Waals surface area contributed by atoms with Crippen LogP contribution in [0, 0.1) is 0 Å². The van der Waals surface area contributed by atoms with Gasteiger partial charge in [-0.1, -0.05) is 0 Å². The number of ether oxygens (including phenoxy) is 1. The summed E-state index contributed by atoms with van der Waals surface area (Å²) in [4.78, 5) is 43.0. The predicted octanol–water partition coefficient (Wildman–Crippen LogP) is 2.73. The summed E-state index contributed by atoms with van der Waals surface area (Å²) in [6.45, 7) is 9.65. The molecular formula is C18H27N3O4S. The van der Waals surface area contributed by atoms with Crippen molar-refractivity contribution in [3.63, 3.8) is 0 Å². The predicted molar refractivity (Wildman–Crippen MR) is 102 cm³/mol. The lowest BCUT2D eigenvalue weighted by Gasteiger charge is -2.26. The lowest BCUT2D eigenvalue weighted by atomic mass is 10.0. The molecule has 0 unspecified atom stereocenters. The summed E-state index contributed by atoms with van der Waals surface area (Å²) in [5.74, 6) is -0.397. The molecule has 0 spiro atoms. The van der Waals surface area contributed by atoms with Gasteiger partial charge in [0.25, 0.3) is 0 Å². The van der Waals surface area contributed by atoms with E-state index in [2.05, 4.69) is 0 Å². The van der Waals surface area contributed by atoms with Gasteiger partial charge in [0.2, 0.25) is 5.91 Å². The topological polar surface area (TPSA) is 70.2 Å². The Morgan fingerprint density at radius 1 is 1.19 bits per heavy atom. The zero-order chi connectivity index (χ0) is 19.4. The fraction of sp³-hybridized carbons (Fsp3) is 0.611. The van der Waals surface area contributed by atoms with Gasteiger partial charge in [0.1, 0.15) is 5.00 Å². The van der Waals surface area contributed by atoms with Gasteiger partial charge in [-0.25, -0.2) is 9.59 Å². The highest BCUT2D eigenvalue weighted by Crippen LogP contribution is 2.39. The van der Waals surface area contributed by atoms with Gasteiger partial charge < -0.3 is 14.5 Å². The number of anilines is 1. The second-order valence-corrected chi connectivity index (χ2v) is 7.19. The summed E-state index contributed by atoms with van der Waals surface area (Å²) in [7, 11) is 1.68. The highest BCUT2D eigenvalue weighted by molar-refractivity contribution is 7.17. The molecular weight excluding hydrogens is 354 g/mol. The number of rotatable bonds is 5. The Morgan fingerprint density at radius 2 is 1.85 bits per heavy atom. The third kappa shape index (κ3) is 3.85. The van der Waals surface area contributed by atoms with Gasteiger partial charge in [0, 0.05) is 38.5 Å². The van der Waals surface area contributed by atoms with Gasteiger partial charge in [-0.3, -0.25) is 9.69 Å². The van der Waals surface area contributed by atoms with Crippen molar-refractivity contribution in [2.75, 3.05) is 38.2 Å². The molecule has 0 bridgehead atoms. The van der Waals surface area contributed by atoms with Gasteiger partial charge in [-0.2, -0.15) is 0 Å². The fourth-order valence-electron chi connectivity index (χ4n) is 3.10. The molecule has 0 fully saturated rings. The number of carbonyl (C=O) groups is 3. The zero-order valence-electron chi connectivity index (χ0n) is 16.1. The first-order chi connectivity index (χ1) is 12.3. The van der Waals surface area contributed by atoms with E-state index in [-0.39, 0.29) is 18.5 Å². The summed E-state index contributed by atoms with van der Waals surface area (Å²) in [6, 6.07) is -0.150. The molecule has 1 aromatic heterocycles. The molecule has 26 heavy (non-hydrogen) atoms. The van der Waals surface area contributed by atoms with Crippen LogP contribution in [0.2, 0.25) is 0 Å². The number of hydrogen-bond acceptors (Lipinski definition) is 5. The molecule has 0 saturated heterocycles. The van der Waals surface area contributed by atoms with E-state index >= 15 is 0 Å². The van der Waals surface area contributed by atoms with Crippen LogP contribution in [0.4, 0.5) is 9.80 Å². The van der Waals surface area contributed by atoms with E-state index < -0.39 is 5.97 Å². The summed E-state index contributed by atoms with van der Waals surface area (Å²) < 4.78 is 5.25. The van der Waals surface area contributed by atoms with Crippen molar-refractivity contribution < 1.29 is 19.1 Å². The summed E-state index contributed by atoms with van der Waals surface area (Å²) >= 11 is 1.40. The first kappa shape index (κ1) is 20.2. The first-order valence-corrected chi connectivity index (χ1v) is 9.76. The van der Waals surface area contributed by atoms with Crippen LogP contribution in [-0.4, -0.2) is 61.0 Å². The number of carbonyl (C=O) groups excluding carboxylic acids is 3. The number of esters is 1. The van der Waals surface area contributed by atoms with E-state index in [0.29, 0.717) is 43.2 Å². The van der Waals surface area contributed by atoms with E-state index in [1.54, 1.807) is 30.7 Å². The Kier molecular flexibility index (Phi) is 6.63. The lowest BCUT2D eigenvalue weighted by molar-refractivity contribution is -0.129. The minimum absolute atomic E-state index is 0.0101.